The molecule has 2 nitrogen and oxygen atoms in total. The van der Waals surface area contributed by atoms with Crippen molar-refractivity contribution in [2.45, 2.75) is 58.5 Å². The summed E-state index contributed by atoms with van der Waals surface area (Å²) in [5, 5.41) is 19.9. The van der Waals surface area contributed by atoms with Crippen LogP contribution in [0.5, 0.6) is 5.75 Å². The van der Waals surface area contributed by atoms with Gasteiger partial charge in [-0.3, -0.25) is 0 Å². The fourth-order valence-corrected chi connectivity index (χ4v) is 2.44. The molecule has 0 spiro atoms. The Balaban J connectivity index is 2.69. The van der Waals surface area contributed by atoms with Gasteiger partial charge in [0, 0.05) is 0 Å². The molecule has 0 saturated heterocycles. The summed E-state index contributed by atoms with van der Waals surface area (Å²) in [5.74, 6) is 0.807. The predicted molar refractivity (Wildman–Crippen MR) is 75.6 cm³/mol. The van der Waals surface area contributed by atoms with Crippen LogP contribution in [0.25, 0.3) is 0 Å². The highest BCUT2D eigenvalue weighted by molar-refractivity contribution is 5.29. The molecule has 0 heterocycles. The molecule has 0 saturated carbocycles. The fourth-order valence-electron chi connectivity index (χ4n) is 2.44. The maximum atomic E-state index is 10.6. The second kappa shape index (κ2) is 6.79. The second-order valence-electron chi connectivity index (χ2n) is 5.44. The van der Waals surface area contributed by atoms with Gasteiger partial charge >= 0.3 is 0 Å². The van der Waals surface area contributed by atoms with Crippen molar-refractivity contribution in [2.24, 2.45) is 5.92 Å². The molecule has 1 rings (SSSR count). The van der Waals surface area contributed by atoms with Gasteiger partial charge in [0.1, 0.15) is 5.75 Å². The summed E-state index contributed by atoms with van der Waals surface area (Å²) in [6.07, 6.45) is 5.51. The highest BCUT2D eigenvalue weighted by Crippen LogP contribution is 2.32. The van der Waals surface area contributed by atoms with Crippen molar-refractivity contribution in [3.05, 3.63) is 29.8 Å². The Kier molecular flexibility index (Phi) is 5.67. The normalized spacial score (nSPS) is 16.2. The summed E-state index contributed by atoms with van der Waals surface area (Å²) >= 11 is 0. The van der Waals surface area contributed by atoms with Crippen LogP contribution in [-0.4, -0.2) is 10.2 Å². The lowest BCUT2D eigenvalue weighted by Crippen LogP contribution is -2.24. The molecule has 102 valence electrons. The Morgan fingerprint density at radius 3 is 2.28 bits per heavy atom. The van der Waals surface area contributed by atoms with Gasteiger partial charge in [-0.25, -0.2) is 0 Å². The molecule has 2 heteroatoms. The van der Waals surface area contributed by atoms with Crippen molar-refractivity contribution in [3.8, 4) is 5.75 Å². The van der Waals surface area contributed by atoms with E-state index in [1.807, 2.05) is 19.1 Å². The van der Waals surface area contributed by atoms with E-state index in [-0.39, 0.29) is 5.75 Å². The van der Waals surface area contributed by atoms with E-state index < -0.39 is 5.60 Å². The van der Waals surface area contributed by atoms with Crippen LogP contribution in [0.1, 0.15) is 58.4 Å². The maximum Gasteiger partial charge on any atom is 0.115 e. The van der Waals surface area contributed by atoms with Crippen molar-refractivity contribution in [3.63, 3.8) is 0 Å². The van der Waals surface area contributed by atoms with Crippen molar-refractivity contribution >= 4 is 0 Å². The molecular weight excluding hydrogens is 224 g/mol. The van der Waals surface area contributed by atoms with Crippen molar-refractivity contribution in [1.29, 1.82) is 0 Å². The molecular formula is C16H26O2. The quantitative estimate of drug-likeness (QED) is 0.761. The van der Waals surface area contributed by atoms with Crippen LogP contribution < -0.4 is 0 Å². The number of phenols is 1. The molecule has 1 aromatic rings. The minimum Gasteiger partial charge on any atom is -0.508 e. The maximum absolute atomic E-state index is 10.6. The molecule has 0 aliphatic carbocycles. The number of unbranched alkanes of at least 4 members (excludes halogenated alkanes) is 1. The number of hydrogen-bond donors (Lipinski definition) is 2. The standard InChI is InChI=1S/C16H26O2/c1-4-6-7-13(5-2)12-16(3,18)14-8-10-15(17)11-9-14/h8-11,13,17-18H,4-7,12H2,1-3H3. The van der Waals surface area contributed by atoms with Crippen LogP contribution in [-0.2, 0) is 5.60 Å². The fraction of sp³-hybridized carbons (Fsp3) is 0.625. The Morgan fingerprint density at radius 1 is 1.17 bits per heavy atom. The lowest BCUT2D eigenvalue weighted by atomic mass is 9.83. The lowest BCUT2D eigenvalue weighted by molar-refractivity contribution is 0.0275. The van der Waals surface area contributed by atoms with Crippen molar-refractivity contribution < 1.29 is 10.2 Å². The smallest absolute Gasteiger partial charge is 0.115 e. The van der Waals surface area contributed by atoms with Crippen LogP contribution in [0.4, 0.5) is 0 Å². The number of aromatic hydroxyl groups is 1. The first-order valence-corrected chi connectivity index (χ1v) is 7.01. The third-order valence-corrected chi connectivity index (χ3v) is 3.72. The van der Waals surface area contributed by atoms with Gasteiger partial charge in [0.25, 0.3) is 0 Å². The zero-order valence-corrected chi connectivity index (χ0v) is 11.8. The minimum absolute atomic E-state index is 0.243. The van der Waals surface area contributed by atoms with Gasteiger partial charge in [-0.15, -0.1) is 0 Å². The largest absolute Gasteiger partial charge is 0.508 e. The second-order valence-corrected chi connectivity index (χ2v) is 5.44. The molecule has 2 atom stereocenters. The first-order valence-electron chi connectivity index (χ1n) is 7.01. The lowest BCUT2D eigenvalue weighted by Gasteiger charge is -2.28. The first-order chi connectivity index (χ1) is 8.49. The monoisotopic (exact) mass is 250 g/mol. The highest BCUT2D eigenvalue weighted by Gasteiger charge is 2.26. The number of hydrogen-bond acceptors (Lipinski definition) is 2. The SMILES string of the molecule is CCCCC(CC)CC(C)(O)c1ccc(O)cc1. The third-order valence-electron chi connectivity index (χ3n) is 3.72. The average molecular weight is 250 g/mol. The van der Waals surface area contributed by atoms with Gasteiger partial charge < -0.3 is 10.2 Å². The Labute approximate surface area is 111 Å². The van der Waals surface area contributed by atoms with Gasteiger partial charge in [0.2, 0.25) is 0 Å². The van der Waals surface area contributed by atoms with Gasteiger partial charge in [0.15, 0.2) is 0 Å². The van der Waals surface area contributed by atoms with E-state index in [4.69, 9.17) is 0 Å². The summed E-state index contributed by atoms with van der Waals surface area (Å²) < 4.78 is 0. The van der Waals surface area contributed by atoms with Crippen LogP contribution in [0, 0.1) is 5.92 Å². The average Bonchev–Trinajstić information content (AvgIpc) is 2.35. The van der Waals surface area contributed by atoms with Gasteiger partial charge in [-0.05, 0) is 37.0 Å². The van der Waals surface area contributed by atoms with E-state index in [2.05, 4.69) is 13.8 Å². The van der Waals surface area contributed by atoms with E-state index in [0.717, 1.165) is 18.4 Å². The molecule has 0 radical (unpaired) electrons. The van der Waals surface area contributed by atoms with Crippen molar-refractivity contribution in [2.75, 3.05) is 0 Å². The topological polar surface area (TPSA) is 40.5 Å². The van der Waals surface area contributed by atoms with Crippen LogP contribution in [0.15, 0.2) is 24.3 Å². The van der Waals surface area contributed by atoms with Crippen LogP contribution in [0.3, 0.4) is 0 Å². The molecule has 2 unspecified atom stereocenters. The summed E-state index contributed by atoms with van der Waals surface area (Å²) in [6, 6.07) is 6.89. The van der Waals surface area contributed by atoms with Crippen LogP contribution >= 0.6 is 0 Å². The number of phenolic OH excluding ortho intramolecular Hbond substituents is 1. The summed E-state index contributed by atoms with van der Waals surface area (Å²) in [5.41, 5.74) is 0.0810. The molecule has 18 heavy (non-hydrogen) atoms. The Hall–Kier alpha value is -1.02. The first kappa shape index (κ1) is 15.0. The van der Waals surface area contributed by atoms with E-state index in [0.29, 0.717) is 5.92 Å². The molecule has 0 aliphatic rings. The van der Waals surface area contributed by atoms with Crippen molar-refractivity contribution in [1.82, 2.24) is 0 Å². The summed E-state index contributed by atoms with van der Waals surface area (Å²) in [7, 11) is 0. The molecule has 0 amide bonds. The molecule has 1 aromatic carbocycles. The summed E-state index contributed by atoms with van der Waals surface area (Å²) in [4.78, 5) is 0. The zero-order valence-electron chi connectivity index (χ0n) is 11.8. The van der Waals surface area contributed by atoms with E-state index in [1.165, 1.54) is 19.3 Å². The van der Waals surface area contributed by atoms with E-state index in [1.54, 1.807) is 12.1 Å². The van der Waals surface area contributed by atoms with E-state index >= 15 is 0 Å². The minimum atomic E-state index is -0.803. The van der Waals surface area contributed by atoms with Crippen LogP contribution in [0.2, 0.25) is 0 Å². The predicted octanol–water partition coefficient (Wildman–Crippen LogP) is 4.21. The number of benzene rings is 1. The molecule has 0 aromatic heterocycles. The van der Waals surface area contributed by atoms with E-state index in [9.17, 15) is 10.2 Å². The third kappa shape index (κ3) is 4.34. The molecule has 0 aliphatic heterocycles. The van der Waals surface area contributed by atoms with Gasteiger partial charge in [-0.1, -0.05) is 51.7 Å². The van der Waals surface area contributed by atoms with Gasteiger partial charge in [-0.2, -0.15) is 0 Å². The Bertz CT molecular complexity index is 341. The molecule has 0 bridgehead atoms. The molecule has 2 N–H and O–H groups in total. The van der Waals surface area contributed by atoms with Gasteiger partial charge in [0.05, 0.1) is 5.60 Å². The zero-order chi connectivity index (χ0) is 13.6. The summed E-state index contributed by atoms with van der Waals surface area (Å²) in [6.45, 7) is 6.26. The molecule has 0 fully saturated rings. The number of aliphatic hydroxyl groups is 1. The Morgan fingerprint density at radius 2 is 1.78 bits per heavy atom. The number of rotatable bonds is 7. The highest BCUT2D eigenvalue weighted by atomic mass is 16.3.